The zero-order valence-corrected chi connectivity index (χ0v) is 13.2. The van der Waals surface area contributed by atoms with Crippen molar-refractivity contribution in [1.82, 2.24) is 19.8 Å². The Kier molecular flexibility index (Phi) is 6.16. The Morgan fingerprint density at radius 1 is 1.43 bits per heavy atom. The van der Waals surface area contributed by atoms with Crippen molar-refractivity contribution in [1.29, 1.82) is 0 Å². The fourth-order valence-corrected chi connectivity index (χ4v) is 2.86. The van der Waals surface area contributed by atoms with Gasteiger partial charge in [0.05, 0.1) is 12.7 Å². The van der Waals surface area contributed by atoms with E-state index < -0.39 is 10.0 Å². The quantitative estimate of drug-likeness (QED) is 0.570. The molecule has 2 N–H and O–H groups in total. The predicted molar refractivity (Wildman–Crippen MR) is 79.5 cm³/mol. The lowest BCUT2D eigenvalue weighted by Crippen LogP contribution is -2.25. The van der Waals surface area contributed by atoms with Crippen LogP contribution in [0.2, 0.25) is 0 Å². The van der Waals surface area contributed by atoms with Crippen LogP contribution in [0.1, 0.15) is 19.3 Å². The van der Waals surface area contributed by atoms with E-state index in [1.165, 1.54) is 19.0 Å². The maximum absolute atomic E-state index is 12.0. The van der Waals surface area contributed by atoms with Crippen LogP contribution >= 0.6 is 0 Å². The molecule has 0 radical (unpaired) electrons. The molecule has 0 unspecified atom stereocenters. The SMILES string of the molecule is CNCCn1cc(S(=O)(=O)NCCCOCC2CC2)cn1. The summed E-state index contributed by atoms with van der Waals surface area (Å²) in [5.41, 5.74) is 0. The summed E-state index contributed by atoms with van der Waals surface area (Å²) < 4.78 is 33.8. The van der Waals surface area contributed by atoms with Crippen LogP contribution < -0.4 is 10.0 Å². The highest BCUT2D eigenvalue weighted by molar-refractivity contribution is 7.89. The van der Waals surface area contributed by atoms with Gasteiger partial charge >= 0.3 is 0 Å². The topological polar surface area (TPSA) is 85.2 Å². The molecular weight excluding hydrogens is 292 g/mol. The summed E-state index contributed by atoms with van der Waals surface area (Å²) >= 11 is 0. The standard InChI is InChI=1S/C13H24N4O3S/c1-14-6-7-17-10-13(9-15-17)21(18,19)16-5-2-8-20-11-12-3-4-12/h9-10,12,14,16H,2-8,11H2,1H3. The van der Waals surface area contributed by atoms with Gasteiger partial charge < -0.3 is 10.1 Å². The molecule has 0 bridgehead atoms. The summed E-state index contributed by atoms with van der Waals surface area (Å²) in [5.74, 6) is 0.741. The van der Waals surface area contributed by atoms with Crippen LogP contribution in [-0.2, 0) is 21.3 Å². The maximum Gasteiger partial charge on any atom is 0.243 e. The molecule has 0 saturated heterocycles. The van der Waals surface area contributed by atoms with Gasteiger partial charge in [0.25, 0.3) is 0 Å². The number of hydrogen-bond donors (Lipinski definition) is 2. The van der Waals surface area contributed by atoms with Gasteiger partial charge in [-0.15, -0.1) is 0 Å². The van der Waals surface area contributed by atoms with Crippen molar-refractivity contribution < 1.29 is 13.2 Å². The molecule has 8 heteroatoms. The van der Waals surface area contributed by atoms with Crippen LogP contribution in [0.4, 0.5) is 0 Å². The molecule has 1 aliphatic rings. The number of likely N-dealkylation sites (N-methyl/N-ethyl adjacent to an activating group) is 1. The molecule has 1 fully saturated rings. The minimum absolute atomic E-state index is 0.206. The Morgan fingerprint density at radius 3 is 2.95 bits per heavy atom. The lowest BCUT2D eigenvalue weighted by atomic mass is 10.4. The second kappa shape index (κ2) is 7.88. The monoisotopic (exact) mass is 316 g/mol. The lowest BCUT2D eigenvalue weighted by Gasteiger charge is -2.05. The molecule has 1 aromatic heterocycles. The van der Waals surface area contributed by atoms with E-state index in [1.54, 1.807) is 10.9 Å². The van der Waals surface area contributed by atoms with Crippen molar-refractivity contribution in [3.05, 3.63) is 12.4 Å². The second-order valence-electron chi connectivity index (χ2n) is 5.31. The first-order chi connectivity index (χ1) is 10.1. The van der Waals surface area contributed by atoms with Crippen LogP contribution in [0, 0.1) is 5.92 Å². The molecule has 0 atom stereocenters. The van der Waals surface area contributed by atoms with Crippen molar-refractivity contribution in [2.75, 3.05) is 33.4 Å². The average molecular weight is 316 g/mol. The molecule has 21 heavy (non-hydrogen) atoms. The van der Waals surface area contributed by atoms with Crippen molar-refractivity contribution in [2.45, 2.75) is 30.7 Å². The van der Waals surface area contributed by atoms with Crippen LogP contribution in [0.15, 0.2) is 17.3 Å². The maximum atomic E-state index is 12.0. The molecule has 0 aliphatic heterocycles. The Labute approximate surface area is 126 Å². The first-order valence-electron chi connectivity index (χ1n) is 7.36. The fraction of sp³-hybridized carbons (Fsp3) is 0.769. The molecule has 1 heterocycles. The summed E-state index contributed by atoms with van der Waals surface area (Å²) in [4.78, 5) is 0.206. The molecule has 0 aromatic carbocycles. The van der Waals surface area contributed by atoms with E-state index in [1.807, 2.05) is 7.05 Å². The molecule has 0 spiro atoms. The number of nitrogens with zero attached hydrogens (tertiary/aromatic N) is 2. The number of sulfonamides is 1. The number of ether oxygens (including phenoxy) is 1. The first-order valence-corrected chi connectivity index (χ1v) is 8.84. The molecule has 0 amide bonds. The Bertz CT molecular complexity index is 525. The van der Waals surface area contributed by atoms with Gasteiger partial charge in [0, 0.05) is 32.5 Å². The first kappa shape index (κ1) is 16.4. The van der Waals surface area contributed by atoms with Crippen molar-refractivity contribution in [3.8, 4) is 0 Å². The van der Waals surface area contributed by atoms with E-state index in [2.05, 4.69) is 15.1 Å². The average Bonchev–Trinajstić information content (AvgIpc) is 3.15. The van der Waals surface area contributed by atoms with Gasteiger partial charge in [-0.25, -0.2) is 13.1 Å². The lowest BCUT2D eigenvalue weighted by molar-refractivity contribution is 0.123. The minimum Gasteiger partial charge on any atom is -0.381 e. The van der Waals surface area contributed by atoms with Crippen LogP contribution in [0.5, 0.6) is 0 Å². The summed E-state index contributed by atoms with van der Waals surface area (Å²) in [6.45, 7) is 3.17. The largest absolute Gasteiger partial charge is 0.381 e. The van der Waals surface area contributed by atoms with Gasteiger partial charge in [-0.2, -0.15) is 5.10 Å². The highest BCUT2D eigenvalue weighted by Gasteiger charge is 2.21. The van der Waals surface area contributed by atoms with E-state index in [0.717, 1.165) is 19.1 Å². The van der Waals surface area contributed by atoms with E-state index >= 15 is 0 Å². The van der Waals surface area contributed by atoms with E-state index in [0.29, 0.717) is 26.1 Å². The number of nitrogens with one attached hydrogen (secondary N) is 2. The number of hydrogen-bond acceptors (Lipinski definition) is 5. The van der Waals surface area contributed by atoms with Crippen LogP contribution in [-0.4, -0.2) is 51.5 Å². The van der Waals surface area contributed by atoms with Gasteiger partial charge in [-0.3, -0.25) is 4.68 Å². The van der Waals surface area contributed by atoms with Gasteiger partial charge in [0.2, 0.25) is 10.0 Å². The second-order valence-corrected chi connectivity index (χ2v) is 7.08. The fourth-order valence-electron chi connectivity index (χ4n) is 1.83. The van der Waals surface area contributed by atoms with Gasteiger partial charge in [-0.05, 0) is 32.2 Å². The normalized spacial score (nSPS) is 15.5. The number of aromatic nitrogens is 2. The minimum atomic E-state index is -3.46. The molecule has 2 rings (SSSR count). The van der Waals surface area contributed by atoms with E-state index in [9.17, 15) is 8.42 Å². The Hall–Kier alpha value is -0.960. The molecule has 1 aliphatic carbocycles. The van der Waals surface area contributed by atoms with E-state index in [-0.39, 0.29) is 4.90 Å². The predicted octanol–water partition coefficient (Wildman–Crippen LogP) is 0.198. The third-order valence-corrected chi connectivity index (χ3v) is 4.73. The molecule has 1 saturated carbocycles. The van der Waals surface area contributed by atoms with E-state index in [4.69, 9.17) is 4.74 Å². The Morgan fingerprint density at radius 2 is 2.24 bits per heavy atom. The summed E-state index contributed by atoms with van der Waals surface area (Å²) in [7, 11) is -1.62. The molecule has 7 nitrogen and oxygen atoms in total. The third-order valence-electron chi connectivity index (χ3n) is 3.32. The van der Waals surface area contributed by atoms with Gasteiger partial charge in [0.1, 0.15) is 4.90 Å². The molecule has 120 valence electrons. The third kappa shape index (κ3) is 5.74. The summed E-state index contributed by atoms with van der Waals surface area (Å²) in [6.07, 6.45) is 6.14. The summed E-state index contributed by atoms with van der Waals surface area (Å²) in [6, 6.07) is 0. The van der Waals surface area contributed by atoms with Crippen molar-refractivity contribution in [3.63, 3.8) is 0 Å². The van der Waals surface area contributed by atoms with Crippen molar-refractivity contribution in [2.24, 2.45) is 5.92 Å². The van der Waals surface area contributed by atoms with Crippen LogP contribution in [0.3, 0.4) is 0 Å². The van der Waals surface area contributed by atoms with Gasteiger partial charge in [0.15, 0.2) is 0 Å². The van der Waals surface area contributed by atoms with Crippen LogP contribution in [0.25, 0.3) is 0 Å². The zero-order chi connectivity index (χ0) is 15.1. The summed E-state index contributed by atoms with van der Waals surface area (Å²) in [5, 5.41) is 7.03. The van der Waals surface area contributed by atoms with Gasteiger partial charge in [-0.1, -0.05) is 0 Å². The number of rotatable bonds is 11. The highest BCUT2D eigenvalue weighted by atomic mass is 32.2. The molecule has 1 aromatic rings. The zero-order valence-electron chi connectivity index (χ0n) is 12.4. The Balaban J connectivity index is 1.68. The smallest absolute Gasteiger partial charge is 0.243 e. The van der Waals surface area contributed by atoms with Crippen molar-refractivity contribution >= 4 is 10.0 Å². The highest BCUT2D eigenvalue weighted by Crippen LogP contribution is 2.28. The molecular formula is C13H24N4O3S.